The molecule has 1 atom stereocenters. The minimum absolute atomic E-state index is 0.172. The van der Waals surface area contributed by atoms with Crippen LogP contribution < -0.4 is 9.96 Å². The van der Waals surface area contributed by atoms with Crippen molar-refractivity contribution < 1.29 is 28.0 Å². The molecule has 2 amide bonds. The molecule has 2 aromatic carbocycles. The van der Waals surface area contributed by atoms with E-state index in [-0.39, 0.29) is 12.1 Å². The van der Waals surface area contributed by atoms with Crippen LogP contribution in [0.4, 0.5) is 24.5 Å². The molecule has 0 saturated carbocycles. The fraction of sp³-hybridized carbons (Fsp3) is 0.176. The number of alkyl halides is 3. The first kappa shape index (κ1) is 17.0. The molecule has 0 aromatic heterocycles. The van der Waals surface area contributed by atoms with E-state index < -0.39 is 29.6 Å². The number of para-hydroxylation sites is 1. The molecule has 3 rings (SSSR count). The maximum Gasteiger partial charge on any atom is 0.416 e. The topological polar surface area (TPSA) is 60.9 Å². The zero-order valence-corrected chi connectivity index (χ0v) is 12.8. The second kappa shape index (κ2) is 6.21. The largest absolute Gasteiger partial charge is 0.416 e. The fourth-order valence-corrected chi connectivity index (χ4v) is 2.66. The molecule has 0 bridgehead atoms. The summed E-state index contributed by atoms with van der Waals surface area (Å²) in [6.07, 6.45) is -4.92. The number of anilines is 2. The highest BCUT2D eigenvalue weighted by molar-refractivity contribution is 6.23. The number of imide groups is 1. The van der Waals surface area contributed by atoms with E-state index in [9.17, 15) is 28.0 Å². The Hall–Kier alpha value is -2.87. The summed E-state index contributed by atoms with van der Waals surface area (Å²) >= 11 is 0. The standard InChI is InChI=1S/C17H13F3N2O3/c18-17(19,20)11-5-4-8-13(9-11)21-15(23)10-14(16(21)24)22(25)12-6-2-1-3-7-12/h1-9,14,25H,10H2. The van der Waals surface area contributed by atoms with Crippen molar-refractivity contribution in [3.8, 4) is 0 Å². The van der Waals surface area contributed by atoms with Gasteiger partial charge in [0.1, 0.15) is 6.04 Å². The summed E-state index contributed by atoms with van der Waals surface area (Å²) in [6.45, 7) is 0. The molecular formula is C17H13F3N2O3. The predicted molar refractivity (Wildman–Crippen MR) is 83.0 cm³/mol. The molecule has 8 heteroatoms. The second-order valence-corrected chi connectivity index (χ2v) is 5.52. The molecular weight excluding hydrogens is 337 g/mol. The maximum atomic E-state index is 12.8. The Morgan fingerprint density at radius 2 is 1.72 bits per heavy atom. The SMILES string of the molecule is O=C1CC(N(O)c2ccccc2)C(=O)N1c1cccc(C(F)(F)F)c1. The molecule has 1 aliphatic rings. The molecule has 1 aliphatic heterocycles. The Morgan fingerprint density at radius 1 is 1.04 bits per heavy atom. The third kappa shape index (κ3) is 3.20. The molecule has 0 radical (unpaired) electrons. The van der Waals surface area contributed by atoms with E-state index in [4.69, 9.17) is 0 Å². The highest BCUT2D eigenvalue weighted by atomic mass is 19.4. The van der Waals surface area contributed by atoms with Crippen molar-refractivity contribution in [1.29, 1.82) is 0 Å². The van der Waals surface area contributed by atoms with E-state index in [1.807, 2.05) is 0 Å². The molecule has 0 aliphatic carbocycles. The lowest BCUT2D eigenvalue weighted by Gasteiger charge is -2.23. The van der Waals surface area contributed by atoms with Gasteiger partial charge in [0.05, 0.1) is 23.4 Å². The number of rotatable bonds is 3. The number of halogens is 3. The van der Waals surface area contributed by atoms with Crippen LogP contribution in [0.5, 0.6) is 0 Å². The Morgan fingerprint density at radius 3 is 2.36 bits per heavy atom. The molecule has 1 unspecified atom stereocenters. The molecule has 1 heterocycles. The van der Waals surface area contributed by atoms with Gasteiger partial charge >= 0.3 is 6.18 Å². The first-order valence-electron chi connectivity index (χ1n) is 7.36. The van der Waals surface area contributed by atoms with Crippen LogP contribution in [0.15, 0.2) is 54.6 Å². The van der Waals surface area contributed by atoms with Crippen LogP contribution in [0.3, 0.4) is 0 Å². The van der Waals surface area contributed by atoms with Crippen molar-refractivity contribution in [2.75, 3.05) is 9.96 Å². The molecule has 1 saturated heterocycles. The third-order valence-corrected chi connectivity index (χ3v) is 3.87. The molecule has 130 valence electrons. The molecule has 1 fully saturated rings. The molecule has 5 nitrogen and oxygen atoms in total. The van der Waals surface area contributed by atoms with Gasteiger partial charge in [-0.3, -0.25) is 14.8 Å². The minimum atomic E-state index is -4.59. The Balaban J connectivity index is 1.90. The predicted octanol–water partition coefficient (Wildman–Crippen LogP) is 3.23. The summed E-state index contributed by atoms with van der Waals surface area (Å²) in [6, 6.07) is 10.9. The lowest BCUT2D eigenvalue weighted by atomic mass is 10.2. The van der Waals surface area contributed by atoms with Gasteiger partial charge in [-0.05, 0) is 30.3 Å². The summed E-state index contributed by atoms with van der Waals surface area (Å²) in [7, 11) is 0. The summed E-state index contributed by atoms with van der Waals surface area (Å²) in [5.74, 6) is -1.46. The molecule has 0 spiro atoms. The van der Waals surface area contributed by atoms with Crippen LogP contribution >= 0.6 is 0 Å². The Kier molecular flexibility index (Phi) is 4.22. The van der Waals surface area contributed by atoms with Gasteiger partial charge in [-0.15, -0.1) is 0 Å². The average molecular weight is 350 g/mol. The van der Waals surface area contributed by atoms with Crippen molar-refractivity contribution in [3.63, 3.8) is 0 Å². The van der Waals surface area contributed by atoms with Gasteiger partial charge in [0.25, 0.3) is 5.91 Å². The van der Waals surface area contributed by atoms with E-state index in [2.05, 4.69) is 0 Å². The summed E-state index contributed by atoms with van der Waals surface area (Å²) < 4.78 is 38.5. The lowest BCUT2D eigenvalue weighted by Crippen LogP contribution is -2.40. The van der Waals surface area contributed by atoms with Crippen molar-refractivity contribution >= 4 is 23.2 Å². The first-order chi connectivity index (χ1) is 11.8. The zero-order valence-electron chi connectivity index (χ0n) is 12.8. The number of hydrogen-bond donors (Lipinski definition) is 1. The van der Waals surface area contributed by atoms with E-state index in [1.165, 1.54) is 6.07 Å². The van der Waals surface area contributed by atoms with Crippen LogP contribution in [-0.4, -0.2) is 23.1 Å². The van der Waals surface area contributed by atoms with E-state index in [1.54, 1.807) is 30.3 Å². The number of hydroxylamine groups is 1. The first-order valence-corrected chi connectivity index (χ1v) is 7.36. The quantitative estimate of drug-likeness (QED) is 0.682. The van der Waals surface area contributed by atoms with Crippen LogP contribution in [-0.2, 0) is 15.8 Å². The van der Waals surface area contributed by atoms with Gasteiger partial charge in [0.2, 0.25) is 5.91 Å². The van der Waals surface area contributed by atoms with E-state index >= 15 is 0 Å². The van der Waals surface area contributed by atoms with Gasteiger partial charge in [-0.25, -0.2) is 9.96 Å². The Bertz CT molecular complexity index is 808. The van der Waals surface area contributed by atoms with Crippen molar-refractivity contribution in [3.05, 3.63) is 60.2 Å². The smallest absolute Gasteiger partial charge is 0.288 e. The zero-order chi connectivity index (χ0) is 18.2. The summed E-state index contributed by atoms with van der Waals surface area (Å²) in [5.41, 5.74) is -0.828. The van der Waals surface area contributed by atoms with Crippen LogP contribution in [0.2, 0.25) is 0 Å². The third-order valence-electron chi connectivity index (χ3n) is 3.87. The van der Waals surface area contributed by atoms with Crippen LogP contribution in [0.1, 0.15) is 12.0 Å². The number of benzene rings is 2. The Labute approximate surface area is 140 Å². The maximum absolute atomic E-state index is 12.8. The molecule has 2 aromatic rings. The number of nitrogens with zero attached hydrogens (tertiary/aromatic N) is 2. The number of carbonyl (C=O) groups is 2. The van der Waals surface area contributed by atoms with Crippen molar-refractivity contribution in [1.82, 2.24) is 0 Å². The van der Waals surface area contributed by atoms with Gasteiger partial charge in [-0.2, -0.15) is 13.2 Å². The minimum Gasteiger partial charge on any atom is -0.288 e. The highest BCUT2D eigenvalue weighted by Crippen LogP contribution is 2.34. The van der Waals surface area contributed by atoms with E-state index in [0.29, 0.717) is 15.7 Å². The summed E-state index contributed by atoms with van der Waals surface area (Å²) in [5, 5.41) is 10.9. The van der Waals surface area contributed by atoms with Gasteiger partial charge in [-0.1, -0.05) is 24.3 Å². The van der Waals surface area contributed by atoms with Crippen LogP contribution in [0.25, 0.3) is 0 Å². The number of hydrogen-bond acceptors (Lipinski definition) is 4. The van der Waals surface area contributed by atoms with Crippen molar-refractivity contribution in [2.45, 2.75) is 18.6 Å². The van der Waals surface area contributed by atoms with Crippen molar-refractivity contribution in [2.24, 2.45) is 0 Å². The second-order valence-electron chi connectivity index (χ2n) is 5.52. The normalized spacial score (nSPS) is 17.9. The fourth-order valence-electron chi connectivity index (χ4n) is 2.66. The monoisotopic (exact) mass is 350 g/mol. The lowest BCUT2D eigenvalue weighted by molar-refractivity contribution is -0.137. The van der Waals surface area contributed by atoms with Crippen LogP contribution in [0, 0.1) is 0 Å². The van der Waals surface area contributed by atoms with Gasteiger partial charge in [0.15, 0.2) is 0 Å². The molecule has 1 N–H and O–H groups in total. The van der Waals surface area contributed by atoms with Gasteiger partial charge in [0, 0.05) is 0 Å². The number of carbonyl (C=O) groups excluding carboxylic acids is 2. The number of amides is 2. The average Bonchev–Trinajstić information content (AvgIpc) is 2.89. The van der Waals surface area contributed by atoms with E-state index in [0.717, 1.165) is 18.2 Å². The molecule has 25 heavy (non-hydrogen) atoms. The highest BCUT2D eigenvalue weighted by Gasteiger charge is 2.43. The summed E-state index contributed by atoms with van der Waals surface area (Å²) in [4.78, 5) is 25.4. The van der Waals surface area contributed by atoms with Gasteiger partial charge < -0.3 is 0 Å².